The van der Waals surface area contributed by atoms with Crippen molar-refractivity contribution in [2.45, 2.75) is 6.61 Å². The SMILES string of the molecule is COc1ccc(/C=N\NC(=O)c2ccc(O)cc2)cc1COc1c(F)c(F)c(F)c(F)c1F. The number of ether oxygens (including phenoxy) is 2. The lowest BCUT2D eigenvalue weighted by molar-refractivity contribution is 0.0955. The van der Waals surface area contributed by atoms with E-state index in [9.17, 15) is 31.9 Å². The minimum Gasteiger partial charge on any atom is -0.508 e. The zero-order valence-corrected chi connectivity index (χ0v) is 16.8. The normalized spacial score (nSPS) is 11.0. The quantitative estimate of drug-likeness (QED) is 0.177. The van der Waals surface area contributed by atoms with Gasteiger partial charge in [-0.2, -0.15) is 13.9 Å². The summed E-state index contributed by atoms with van der Waals surface area (Å²) in [6.45, 7) is -0.594. The van der Waals surface area contributed by atoms with E-state index in [1.807, 2.05) is 0 Å². The maximum Gasteiger partial charge on any atom is 0.271 e. The number of hydrazone groups is 1. The molecule has 172 valence electrons. The molecule has 0 atom stereocenters. The highest BCUT2D eigenvalue weighted by Crippen LogP contribution is 2.30. The molecule has 0 aromatic heterocycles. The number of aromatic hydroxyl groups is 1. The average Bonchev–Trinajstić information content (AvgIpc) is 2.82. The molecular formula is C22H15F5N2O4. The number of phenols is 1. The molecule has 0 aliphatic heterocycles. The van der Waals surface area contributed by atoms with Gasteiger partial charge in [-0.15, -0.1) is 0 Å². The number of carbonyl (C=O) groups excluding carboxylic acids is 1. The van der Waals surface area contributed by atoms with Crippen LogP contribution in [0.3, 0.4) is 0 Å². The molecule has 3 aromatic carbocycles. The van der Waals surface area contributed by atoms with Crippen LogP contribution >= 0.6 is 0 Å². The average molecular weight is 466 g/mol. The fraction of sp³-hybridized carbons (Fsp3) is 0.0909. The molecule has 0 spiro atoms. The van der Waals surface area contributed by atoms with Crippen LogP contribution in [0.4, 0.5) is 22.0 Å². The number of hydrogen-bond donors (Lipinski definition) is 2. The predicted molar refractivity (Wildman–Crippen MR) is 107 cm³/mol. The largest absolute Gasteiger partial charge is 0.508 e. The van der Waals surface area contributed by atoms with Gasteiger partial charge in [-0.3, -0.25) is 4.79 Å². The second kappa shape index (κ2) is 9.98. The molecule has 0 aliphatic rings. The van der Waals surface area contributed by atoms with Gasteiger partial charge in [0.15, 0.2) is 5.75 Å². The first kappa shape index (κ1) is 23.5. The van der Waals surface area contributed by atoms with Crippen LogP contribution in [0.15, 0.2) is 47.6 Å². The first-order valence-corrected chi connectivity index (χ1v) is 9.16. The maximum atomic E-state index is 13.8. The lowest BCUT2D eigenvalue weighted by atomic mass is 10.1. The number of benzene rings is 3. The zero-order valence-electron chi connectivity index (χ0n) is 16.8. The van der Waals surface area contributed by atoms with Crippen molar-refractivity contribution in [2.75, 3.05) is 7.11 Å². The third kappa shape index (κ3) is 5.20. The van der Waals surface area contributed by atoms with Crippen LogP contribution in [0, 0.1) is 29.1 Å². The van der Waals surface area contributed by atoms with Gasteiger partial charge < -0.3 is 14.6 Å². The van der Waals surface area contributed by atoms with Crippen LogP contribution in [0.2, 0.25) is 0 Å². The van der Waals surface area contributed by atoms with E-state index in [0.29, 0.717) is 5.56 Å². The minimum atomic E-state index is -2.29. The van der Waals surface area contributed by atoms with Gasteiger partial charge in [0.05, 0.1) is 13.3 Å². The van der Waals surface area contributed by atoms with E-state index in [0.717, 1.165) is 0 Å². The molecule has 0 saturated carbocycles. The van der Waals surface area contributed by atoms with Crippen molar-refractivity contribution in [2.24, 2.45) is 5.10 Å². The summed E-state index contributed by atoms with van der Waals surface area (Å²) in [6.07, 6.45) is 1.25. The molecule has 0 radical (unpaired) electrons. The summed E-state index contributed by atoms with van der Waals surface area (Å²) in [7, 11) is 1.31. The van der Waals surface area contributed by atoms with E-state index in [-0.39, 0.29) is 22.6 Å². The van der Waals surface area contributed by atoms with E-state index in [4.69, 9.17) is 9.47 Å². The molecule has 2 N–H and O–H groups in total. The third-order valence-corrected chi connectivity index (χ3v) is 4.36. The summed E-state index contributed by atoms with van der Waals surface area (Å²) in [5, 5.41) is 13.0. The van der Waals surface area contributed by atoms with Gasteiger partial charge in [0.1, 0.15) is 18.1 Å². The number of nitrogens with zero attached hydrogens (tertiary/aromatic N) is 1. The van der Waals surface area contributed by atoms with E-state index in [2.05, 4.69) is 10.5 Å². The van der Waals surface area contributed by atoms with Crippen LogP contribution in [-0.4, -0.2) is 24.3 Å². The Balaban J connectivity index is 1.76. The molecule has 11 heteroatoms. The number of amides is 1. The van der Waals surface area contributed by atoms with Crippen LogP contribution in [0.25, 0.3) is 0 Å². The van der Waals surface area contributed by atoms with Crippen LogP contribution in [0.5, 0.6) is 17.2 Å². The number of hydrogen-bond acceptors (Lipinski definition) is 5. The van der Waals surface area contributed by atoms with Crippen molar-refractivity contribution in [1.82, 2.24) is 5.43 Å². The molecule has 3 rings (SSSR count). The van der Waals surface area contributed by atoms with Gasteiger partial charge in [0.2, 0.25) is 29.1 Å². The standard InChI is InChI=1S/C22H15F5N2O4/c1-32-15-7-2-11(9-28-29-22(31)12-3-5-14(30)6-4-12)8-13(15)10-33-21-19(26)17(24)16(23)18(25)20(21)27/h2-9,30H,10H2,1H3,(H,29,31)/b28-9-. The second-order valence-corrected chi connectivity index (χ2v) is 6.50. The highest BCUT2D eigenvalue weighted by atomic mass is 19.2. The number of nitrogens with one attached hydrogen (secondary N) is 1. The predicted octanol–water partition coefficient (Wildman–Crippen LogP) is 4.44. The Labute approximate surface area is 183 Å². The summed E-state index contributed by atoms with van der Waals surface area (Å²) < 4.78 is 77.5. The Morgan fingerprint density at radius 1 is 0.970 bits per heavy atom. The monoisotopic (exact) mass is 466 g/mol. The van der Waals surface area contributed by atoms with Gasteiger partial charge in [0, 0.05) is 11.1 Å². The van der Waals surface area contributed by atoms with Crippen LogP contribution in [-0.2, 0) is 6.61 Å². The Hall–Kier alpha value is -4.15. The molecule has 0 heterocycles. The first-order chi connectivity index (χ1) is 15.7. The summed E-state index contributed by atoms with van der Waals surface area (Å²) in [5.74, 6) is -12.5. The van der Waals surface area contributed by atoms with Crippen molar-refractivity contribution in [3.8, 4) is 17.2 Å². The zero-order chi connectivity index (χ0) is 24.1. The van der Waals surface area contributed by atoms with E-state index >= 15 is 0 Å². The smallest absolute Gasteiger partial charge is 0.271 e. The second-order valence-electron chi connectivity index (χ2n) is 6.50. The fourth-order valence-corrected chi connectivity index (χ4v) is 2.70. The highest BCUT2D eigenvalue weighted by Gasteiger charge is 2.27. The molecular weight excluding hydrogens is 451 g/mol. The Kier molecular flexibility index (Phi) is 7.11. The number of phenolic OH excluding ortho intramolecular Hbond substituents is 1. The maximum absolute atomic E-state index is 13.8. The number of methoxy groups -OCH3 is 1. The summed E-state index contributed by atoms with van der Waals surface area (Å²) in [4.78, 5) is 12.0. The summed E-state index contributed by atoms with van der Waals surface area (Å²) in [5.41, 5.74) is 3.13. The molecule has 0 unspecified atom stereocenters. The van der Waals surface area contributed by atoms with Crippen molar-refractivity contribution in [1.29, 1.82) is 0 Å². The first-order valence-electron chi connectivity index (χ1n) is 9.16. The molecule has 33 heavy (non-hydrogen) atoms. The summed E-state index contributed by atoms with van der Waals surface area (Å²) >= 11 is 0. The van der Waals surface area contributed by atoms with Crippen molar-refractivity contribution >= 4 is 12.1 Å². The van der Waals surface area contributed by atoms with Gasteiger partial charge >= 0.3 is 0 Å². The van der Waals surface area contributed by atoms with Crippen LogP contribution < -0.4 is 14.9 Å². The molecule has 0 bridgehead atoms. The van der Waals surface area contributed by atoms with E-state index in [1.165, 1.54) is 55.8 Å². The summed E-state index contributed by atoms with van der Waals surface area (Å²) in [6, 6.07) is 9.86. The molecule has 3 aromatic rings. The Bertz CT molecular complexity index is 1190. The molecule has 0 aliphatic carbocycles. The van der Waals surface area contributed by atoms with Crippen molar-refractivity contribution in [3.05, 3.63) is 88.2 Å². The van der Waals surface area contributed by atoms with Crippen molar-refractivity contribution < 1.29 is 41.3 Å². The number of rotatable bonds is 7. The third-order valence-electron chi connectivity index (χ3n) is 4.36. The van der Waals surface area contributed by atoms with Gasteiger partial charge in [0.25, 0.3) is 5.91 Å². The molecule has 0 fully saturated rings. The Morgan fingerprint density at radius 3 is 2.18 bits per heavy atom. The van der Waals surface area contributed by atoms with Gasteiger partial charge in [-0.05, 0) is 48.0 Å². The van der Waals surface area contributed by atoms with Crippen LogP contribution in [0.1, 0.15) is 21.5 Å². The van der Waals surface area contributed by atoms with E-state index in [1.54, 1.807) is 0 Å². The van der Waals surface area contributed by atoms with Gasteiger partial charge in [-0.1, -0.05) is 0 Å². The van der Waals surface area contributed by atoms with E-state index < -0.39 is 47.3 Å². The lowest BCUT2D eigenvalue weighted by Gasteiger charge is -2.13. The molecule has 0 saturated heterocycles. The highest BCUT2D eigenvalue weighted by molar-refractivity contribution is 5.95. The fourth-order valence-electron chi connectivity index (χ4n) is 2.70. The lowest BCUT2D eigenvalue weighted by Crippen LogP contribution is -2.17. The van der Waals surface area contributed by atoms with Gasteiger partial charge in [-0.25, -0.2) is 18.6 Å². The molecule has 1 amide bonds. The van der Waals surface area contributed by atoms with Crippen molar-refractivity contribution in [3.63, 3.8) is 0 Å². The number of carbonyl (C=O) groups is 1. The molecule has 6 nitrogen and oxygen atoms in total. The Morgan fingerprint density at radius 2 is 1.58 bits per heavy atom. The topological polar surface area (TPSA) is 80.2 Å². The number of halogens is 5. The minimum absolute atomic E-state index is 0.00564.